The van der Waals surface area contributed by atoms with Crippen LogP contribution in [0, 0.1) is 0 Å². The van der Waals surface area contributed by atoms with Crippen LogP contribution in [-0.4, -0.2) is 26.7 Å². The molecule has 2 heterocycles. The lowest BCUT2D eigenvalue weighted by Crippen LogP contribution is -2.41. The zero-order valence-electron chi connectivity index (χ0n) is 10.9. The van der Waals surface area contributed by atoms with Gasteiger partial charge in [0.1, 0.15) is 0 Å². The Balaban J connectivity index is 1.79. The van der Waals surface area contributed by atoms with E-state index in [1.54, 1.807) is 6.07 Å². The first-order valence-electron chi connectivity index (χ1n) is 6.66. The van der Waals surface area contributed by atoms with Gasteiger partial charge >= 0.3 is 0 Å². The maximum atomic E-state index is 12.4. The summed E-state index contributed by atoms with van der Waals surface area (Å²) in [4.78, 5) is 0.169. The molecule has 3 unspecified atom stereocenters. The SMILES string of the molecule is NCc1ccc(S(=O)(=O)NC2CC3CCC2O3)cc1Cl. The Morgan fingerprint density at radius 2 is 2.20 bits per heavy atom. The van der Waals surface area contributed by atoms with Gasteiger partial charge in [-0.3, -0.25) is 0 Å². The first-order valence-corrected chi connectivity index (χ1v) is 8.52. The number of nitrogens with two attached hydrogens (primary N) is 1. The molecule has 2 aliphatic rings. The molecule has 1 aromatic rings. The van der Waals surface area contributed by atoms with Crippen LogP contribution in [0.15, 0.2) is 23.1 Å². The van der Waals surface area contributed by atoms with Gasteiger partial charge in [-0.05, 0) is 37.0 Å². The molecule has 20 heavy (non-hydrogen) atoms. The molecule has 2 aliphatic heterocycles. The number of ether oxygens (including phenoxy) is 1. The minimum absolute atomic E-state index is 0.00793. The summed E-state index contributed by atoms with van der Waals surface area (Å²) >= 11 is 6.02. The van der Waals surface area contributed by atoms with Crippen LogP contribution in [0.2, 0.25) is 5.02 Å². The van der Waals surface area contributed by atoms with Crippen LogP contribution in [0.25, 0.3) is 0 Å². The third kappa shape index (κ3) is 2.58. The Kier molecular flexibility index (Phi) is 3.77. The molecule has 3 atom stereocenters. The number of nitrogens with one attached hydrogen (secondary N) is 1. The van der Waals surface area contributed by atoms with Crippen molar-refractivity contribution in [3.63, 3.8) is 0 Å². The average molecular weight is 317 g/mol. The number of rotatable bonds is 4. The second kappa shape index (κ2) is 5.27. The maximum Gasteiger partial charge on any atom is 0.240 e. The minimum atomic E-state index is -3.57. The maximum absolute atomic E-state index is 12.4. The van der Waals surface area contributed by atoms with E-state index in [1.807, 2.05) is 0 Å². The van der Waals surface area contributed by atoms with Crippen molar-refractivity contribution < 1.29 is 13.2 Å². The lowest BCUT2D eigenvalue weighted by atomic mass is 9.96. The van der Waals surface area contributed by atoms with E-state index in [2.05, 4.69) is 4.72 Å². The summed E-state index contributed by atoms with van der Waals surface area (Å²) < 4.78 is 33.1. The molecule has 0 radical (unpaired) electrons. The Morgan fingerprint density at radius 3 is 2.75 bits per heavy atom. The highest BCUT2D eigenvalue weighted by molar-refractivity contribution is 7.89. The van der Waals surface area contributed by atoms with Gasteiger partial charge in [0, 0.05) is 11.6 Å². The van der Waals surface area contributed by atoms with Gasteiger partial charge in [-0.25, -0.2) is 13.1 Å². The molecule has 1 aromatic carbocycles. The van der Waals surface area contributed by atoms with Gasteiger partial charge in [0.05, 0.1) is 23.1 Å². The highest BCUT2D eigenvalue weighted by atomic mass is 35.5. The predicted octanol–water partition coefficient (Wildman–Crippen LogP) is 1.40. The summed E-state index contributed by atoms with van der Waals surface area (Å²) in [5, 5.41) is 0.375. The van der Waals surface area contributed by atoms with Crippen LogP contribution in [0.4, 0.5) is 0 Å². The van der Waals surface area contributed by atoms with Gasteiger partial charge < -0.3 is 10.5 Å². The molecule has 3 N–H and O–H groups in total. The molecule has 2 fully saturated rings. The highest BCUT2D eigenvalue weighted by Gasteiger charge is 2.42. The lowest BCUT2D eigenvalue weighted by molar-refractivity contribution is 0.0996. The second-order valence-corrected chi connectivity index (χ2v) is 7.42. The van der Waals surface area contributed by atoms with Crippen molar-refractivity contribution in [1.29, 1.82) is 0 Å². The van der Waals surface area contributed by atoms with E-state index in [-0.39, 0.29) is 29.7 Å². The summed E-state index contributed by atoms with van der Waals surface area (Å²) in [6, 6.07) is 4.49. The van der Waals surface area contributed by atoms with Gasteiger partial charge in [0.15, 0.2) is 0 Å². The van der Waals surface area contributed by atoms with E-state index in [9.17, 15) is 8.42 Å². The molecule has 5 nitrogen and oxygen atoms in total. The minimum Gasteiger partial charge on any atom is -0.373 e. The molecule has 0 aromatic heterocycles. The van der Waals surface area contributed by atoms with E-state index >= 15 is 0 Å². The van der Waals surface area contributed by atoms with E-state index in [4.69, 9.17) is 22.1 Å². The quantitative estimate of drug-likeness (QED) is 0.879. The Hall–Kier alpha value is -0.660. The van der Waals surface area contributed by atoms with Gasteiger partial charge in [-0.2, -0.15) is 0 Å². The number of hydrogen-bond donors (Lipinski definition) is 2. The van der Waals surface area contributed by atoms with Crippen molar-refractivity contribution in [3.8, 4) is 0 Å². The standard InChI is InChI=1S/C13H17ClN2O3S/c14-11-6-10(3-1-8(11)7-15)20(17,18)16-12-5-9-2-4-13(12)19-9/h1,3,6,9,12-13,16H,2,4-5,7,15H2. The van der Waals surface area contributed by atoms with E-state index in [0.29, 0.717) is 5.02 Å². The number of hydrogen-bond acceptors (Lipinski definition) is 4. The van der Waals surface area contributed by atoms with Crippen molar-refractivity contribution in [2.75, 3.05) is 0 Å². The van der Waals surface area contributed by atoms with Crippen molar-refractivity contribution >= 4 is 21.6 Å². The first kappa shape index (κ1) is 14.3. The van der Waals surface area contributed by atoms with Gasteiger partial charge in [0.2, 0.25) is 10.0 Å². The van der Waals surface area contributed by atoms with Crippen LogP contribution in [0.1, 0.15) is 24.8 Å². The average Bonchev–Trinajstić information content (AvgIpc) is 3.00. The highest BCUT2D eigenvalue weighted by Crippen LogP contribution is 2.35. The Bertz CT molecular complexity index is 620. The molecule has 0 spiro atoms. The smallest absolute Gasteiger partial charge is 0.240 e. The van der Waals surface area contributed by atoms with Gasteiger partial charge in [0.25, 0.3) is 0 Å². The third-order valence-corrected chi connectivity index (χ3v) is 5.81. The van der Waals surface area contributed by atoms with Crippen LogP contribution in [0.5, 0.6) is 0 Å². The molecule has 3 rings (SSSR count). The predicted molar refractivity (Wildman–Crippen MR) is 76.0 cm³/mol. The molecular formula is C13H17ClN2O3S. The van der Waals surface area contributed by atoms with Crippen molar-refractivity contribution in [2.45, 2.75) is 49.0 Å². The monoisotopic (exact) mass is 316 g/mol. The molecule has 0 saturated carbocycles. The molecule has 7 heteroatoms. The van der Waals surface area contributed by atoms with E-state index < -0.39 is 10.0 Å². The van der Waals surface area contributed by atoms with Crippen LogP contribution in [-0.2, 0) is 21.3 Å². The lowest BCUT2D eigenvalue weighted by Gasteiger charge is -2.20. The molecule has 0 amide bonds. The zero-order chi connectivity index (χ0) is 14.3. The third-order valence-electron chi connectivity index (χ3n) is 3.97. The Labute approximate surface area is 123 Å². The van der Waals surface area contributed by atoms with E-state index in [0.717, 1.165) is 24.8 Å². The largest absolute Gasteiger partial charge is 0.373 e. The van der Waals surface area contributed by atoms with Crippen molar-refractivity contribution in [3.05, 3.63) is 28.8 Å². The number of benzene rings is 1. The summed E-state index contributed by atoms with van der Waals surface area (Å²) in [5.74, 6) is 0. The van der Waals surface area contributed by atoms with Gasteiger partial charge in [-0.15, -0.1) is 0 Å². The Morgan fingerprint density at radius 1 is 1.40 bits per heavy atom. The fourth-order valence-corrected chi connectivity index (χ4v) is 4.52. The molecule has 0 aliphatic carbocycles. The van der Waals surface area contributed by atoms with Crippen molar-refractivity contribution in [1.82, 2.24) is 4.72 Å². The molecular weight excluding hydrogens is 300 g/mol. The van der Waals surface area contributed by atoms with Crippen molar-refractivity contribution in [2.24, 2.45) is 5.73 Å². The zero-order valence-corrected chi connectivity index (χ0v) is 12.5. The summed E-state index contributed by atoms with van der Waals surface area (Å²) in [5.41, 5.74) is 6.25. The van der Waals surface area contributed by atoms with Crippen LogP contribution < -0.4 is 10.5 Å². The number of sulfonamides is 1. The molecule has 2 bridgehead atoms. The molecule has 2 saturated heterocycles. The first-order chi connectivity index (χ1) is 9.49. The summed E-state index contributed by atoms with van der Waals surface area (Å²) in [7, 11) is -3.57. The van der Waals surface area contributed by atoms with E-state index in [1.165, 1.54) is 12.1 Å². The van der Waals surface area contributed by atoms with Crippen LogP contribution in [0.3, 0.4) is 0 Å². The second-order valence-electron chi connectivity index (χ2n) is 5.29. The topological polar surface area (TPSA) is 81.4 Å². The summed E-state index contributed by atoms with van der Waals surface area (Å²) in [6.45, 7) is 0.285. The molecule has 110 valence electrons. The summed E-state index contributed by atoms with van der Waals surface area (Å²) in [6.07, 6.45) is 2.91. The normalized spacial score (nSPS) is 29.0. The number of halogens is 1. The van der Waals surface area contributed by atoms with Crippen LogP contribution >= 0.6 is 11.6 Å². The number of fused-ring (bicyclic) bond motifs is 2. The fourth-order valence-electron chi connectivity index (χ4n) is 2.89. The van der Waals surface area contributed by atoms with Gasteiger partial charge in [-0.1, -0.05) is 17.7 Å². The fraction of sp³-hybridized carbons (Fsp3) is 0.538.